The van der Waals surface area contributed by atoms with E-state index in [1.807, 2.05) is 6.92 Å². The summed E-state index contributed by atoms with van der Waals surface area (Å²) in [6.07, 6.45) is 0.782. The summed E-state index contributed by atoms with van der Waals surface area (Å²) in [4.78, 5) is 24.3. The van der Waals surface area contributed by atoms with Crippen LogP contribution in [0, 0.1) is 0 Å². The third-order valence-electron chi connectivity index (χ3n) is 2.47. The largest absolute Gasteiger partial charge is 0.481 e. The molecule has 1 amide bonds. The van der Waals surface area contributed by atoms with Gasteiger partial charge in [0.25, 0.3) is 5.91 Å². The molecule has 5 heteroatoms. The van der Waals surface area contributed by atoms with Crippen LogP contribution in [0.25, 0.3) is 0 Å². The van der Waals surface area contributed by atoms with E-state index in [1.165, 1.54) is 0 Å². The molecule has 0 saturated heterocycles. The molecule has 0 fully saturated rings. The van der Waals surface area contributed by atoms with Crippen molar-refractivity contribution in [2.45, 2.75) is 19.8 Å². The Morgan fingerprint density at radius 2 is 1.83 bits per heavy atom. The van der Waals surface area contributed by atoms with Gasteiger partial charge in [-0.1, -0.05) is 22.9 Å². The molecule has 0 aliphatic carbocycles. The molecule has 0 aliphatic heterocycles. The molecule has 0 radical (unpaired) electrons. The fourth-order valence-electron chi connectivity index (χ4n) is 1.59. The van der Waals surface area contributed by atoms with Crippen molar-refractivity contribution in [2.75, 3.05) is 13.1 Å². The first kappa shape index (κ1) is 14.7. The molecule has 0 spiro atoms. The fourth-order valence-corrected chi connectivity index (χ4v) is 1.85. The Kier molecular flexibility index (Phi) is 5.85. The van der Waals surface area contributed by atoms with Gasteiger partial charge in [-0.25, -0.2) is 0 Å². The quantitative estimate of drug-likeness (QED) is 0.878. The van der Waals surface area contributed by atoms with Crippen molar-refractivity contribution in [3.63, 3.8) is 0 Å². The average molecular weight is 314 g/mol. The monoisotopic (exact) mass is 313 g/mol. The second-order valence-electron chi connectivity index (χ2n) is 3.94. The van der Waals surface area contributed by atoms with Crippen LogP contribution in [-0.2, 0) is 4.79 Å². The summed E-state index contributed by atoms with van der Waals surface area (Å²) >= 11 is 3.31. The predicted octanol–water partition coefficient (Wildman–Crippen LogP) is 2.78. The van der Waals surface area contributed by atoms with Crippen LogP contribution in [0.15, 0.2) is 28.7 Å². The third kappa shape index (κ3) is 4.49. The average Bonchev–Trinajstić information content (AvgIpc) is 2.34. The molecule has 1 N–H and O–H groups in total. The Bertz CT molecular complexity index is 417. The lowest BCUT2D eigenvalue weighted by molar-refractivity contribution is -0.137. The predicted molar refractivity (Wildman–Crippen MR) is 72.6 cm³/mol. The molecule has 0 aromatic heterocycles. The van der Waals surface area contributed by atoms with Crippen molar-refractivity contribution in [3.05, 3.63) is 34.3 Å². The van der Waals surface area contributed by atoms with Gasteiger partial charge < -0.3 is 10.0 Å². The smallest absolute Gasteiger partial charge is 0.305 e. The van der Waals surface area contributed by atoms with Crippen LogP contribution in [-0.4, -0.2) is 35.0 Å². The van der Waals surface area contributed by atoms with Gasteiger partial charge in [-0.3, -0.25) is 9.59 Å². The number of carbonyl (C=O) groups is 2. The summed E-state index contributed by atoms with van der Waals surface area (Å²) in [7, 11) is 0. The molecule has 0 saturated carbocycles. The Labute approximate surface area is 115 Å². The Hall–Kier alpha value is -1.36. The first-order chi connectivity index (χ1) is 8.54. The maximum absolute atomic E-state index is 12.2. The number of carboxylic acids is 1. The van der Waals surface area contributed by atoms with E-state index >= 15 is 0 Å². The first-order valence-electron chi connectivity index (χ1n) is 5.81. The van der Waals surface area contributed by atoms with E-state index in [-0.39, 0.29) is 18.9 Å². The van der Waals surface area contributed by atoms with Gasteiger partial charge in [-0.05, 0) is 30.7 Å². The second-order valence-corrected chi connectivity index (χ2v) is 4.86. The Morgan fingerprint density at radius 1 is 1.22 bits per heavy atom. The Morgan fingerprint density at radius 3 is 2.33 bits per heavy atom. The third-order valence-corrected chi connectivity index (χ3v) is 3.00. The molecule has 4 nitrogen and oxygen atoms in total. The lowest BCUT2D eigenvalue weighted by Crippen LogP contribution is -2.33. The molecular weight excluding hydrogens is 298 g/mol. The molecule has 98 valence electrons. The van der Waals surface area contributed by atoms with Crippen LogP contribution in [0.5, 0.6) is 0 Å². The molecular formula is C13H16BrNO3. The zero-order valence-electron chi connectivity index (χ0n) is 10.2. The Balaban J connectivity index is 2.75. The van der Waals surface area contributed by atoms with Gasteiger partial charge in [0, 0.05) is 23.1 Å². The zero-order chi connectivity index (χ0) is 13.5. The molecule has 1 rings (SSSR count). The van der Waals surface area contributed by atoms with Crippen molar-refractivity contribution >= 4 is 27.8 Å². The van der Waals surface area contributed by atoms with E-state index in [1.54, 1.807) is 29.2 Å². The van der Waals surface area contributed by atoms with Crippen molar-refractivity contribution < 1.29 is 14.7 Å². The summed E-state index contributed by atoms with van der Waals surface area (Å²) in [6.45, 7) is 2.78. The van der Waals surface area contributed by atoms with Gasteiger partial charge in [0.2, 0.25) is 0 Å². The second kappa shape index (κ2) is 7.16. The zero-order valence-corrected chi connectivity index (χ0v) is 11.8. The van der Waals surface area contributed by atoms with Crippen LogP contribution >= 0.6 is 15.9 Å². The molecule has 1 aromatic carbocycles. The maximum atomic E-state index is 12.2. The molecule has 0 heterocycles. The fraction of sp³-hybridized carbons (Fsp3) is 0.385. The minimum Gasteiger partial charge on any atom is -0.481 e. The summed E-state index contributed by atoms with van der Waals surface area (Å²) in [5.74, 6) is -1.01. The van der Waals surface area contributed by atoms with Crippen LogP contribution < -0.4 is 0 Å². The van der Waals surface area contributed by atoms with Crippen molar-refractivity contribution in [2.24, 2.45) is 0 Å². The molecule has 0 unspecified atom stereocenters. The van der Waals surface area contributed by atoms with Crippen LogP contribution in [0.4, 0.5) is 0 Å². The first-order valence-corrected chi connectivity index (χ1v) is 6.60. The van der Waals surface area contributed by atoms with Gasteiger partial charge in [-0.15, -0.1) is 0 Å². The highest BCUT2D eigenvalue weighted by molar-refractivity contribution is 9.10. The van der Waals surface area contributed by atoms with Gasteiger partial charge in [0.15, 0.2) is 0 Å². The van der Waals surface area contributed by atoms with Crippen molar-refractivity contribution in [1.29, 1.82) is 0 Å². The molecule has 1 aromatic rings. The topological polar surface area (TPSA) is 57.6 Å². The summed E-state index contributed by atoms with van der Waals surface area (Å²) in [5, 5.41) is 8.68. The lowest BCUT2D eigenvalue weighted by atomic mass is 10.2. The van der Waals surface area contributed by atoms with Gasteiger partial charge in [0.1, 0.15) is 0 Å². The number of benzene rings is 1. The number of hydrogen-bond donors (Lipinski definition) is 1. The van der Waals surface area contributed by atoms with E-state index in [2.05, 4.69) is 15.9 Å². The molecule has 0 bridgehead atoms. The highest BCUT2D eigenvalue weighted by Gasteiger charge is 2.15. The standard InChI is InChI=1S/C13H16BrNO3/c1-2-8-15(9-7-12(16)17)13(18)10-3-5-11(14)6-4-10/h3-6H,2,7-9H2,1H3,(H,16,17). The van der Waals surface area contributed by atoms with E-state index in [9.17, 15) is 9.59 Å². The summed E-state index contributed by atoms with van der Waals surface area (Å²) in [6, 6.07) is 7.06. The maximum Gasteiger partial charge on any atom is 0.305 e. The van der Waals surface area contributed by atoms with E-state index in [0.29, 0.717) is 12.1 Å². The van der Waals surface area contributed by atoms with Crippen molar-refractivity contribution in [1.82, 2.24) is 4.90 Å². The van der Waals surface area contributed by atoms with E-state index < -0.39 is 5.97 Å². The highest BCUT2D eigenvalue weighted by atomic mass is 79.9. The normalized spacial score (nSPS) is 10.1. The highest BCUT2D eigenvalue weighted by Crippen LogP contribution is 2.12. The minimum atomic E-state index is -0.889. The van der Waals surface area contributed by atoms with Crippen molar-refractivity contribution in [3.8, 4) is 0 Å². The number of aliphatic carboxylic acids is 1. The summed E-state index contributed by atoms with van der Waals surface area (Å²) in [5.41, 5.74) is 0.581. The van der Waals surface area contributed by atoms with Gasteiger partial charge in [0.05, 0.1) is 6.42 Å². The number of halogens is 1. The molecule has 0 atom stereocenters. The van der Waals surface area contributed by atoms with Gasteiger partial charge in [-0.2, -0.15) is 0 Å². The number of carbonyl (C=O) groups excluding carboxylic acids is 1. The number of amides is 1. The minimum absolute atomic E-state index is 0.0255. The van der Waals surface area contributed by atoms with Crippen LogP contribution in [0.3, 0.4) is 0 Å². The SMILES string of the molecule is CCCN(CCC(=O)O)C(=O)c1ccc(Br)cc1. The number of nitrogens with zero attached hydrogens (tertiary/aromatic N) is 1. The molecule has 18 heavy (non-hydrogen) atoms. The number of hydrogen-bond acceptors (Lipinski definition) is 2. The summed E-state index contributed by atoms with van der Waals surface area (Å²) < 4.78 is 0.909. The number of rotatable bonds is 6. The van der Waals surface area contributed by atoms with Crippen LogP contribution in [0.1, 0.15) is 30.1 Å². The van der Waals surface area contributed by atoms with E-state index in [4.69, 9.17) is 5.11 Å². The van der Waals surface area contributed by atoms with Gasteiger partial charge >= 0.3 is 5.97 Å². The van der Waals surface area contributed by atoms with Crippen LogP contribution in [0.2, 0.25) is 0 Å². The molecule has 0 aliphatic rings. The number of carboxylic acid groups (broad SMARTS) is 1. The van der Waals surface area contributed by atoms with E-state index in [0.717, 1.165) is 10.9 Å². The lowest BCUT2D eigenvalue weighted by Gasteiger charge is -2.21.